The third-order valence-electron chi connectivity index (χ3n) is 4.01. The number of hydrogen-bond acceptors (Lipinski definition) is 5. The molecule has 0 aliphatic carbocycles. The van der Waals surface area contributed by atoms with Crippen molar-refractivity contribution in [2.24, 2.45) is 0 Å². The number of amides is 1. The standard InChI is InChI=1S/C19H21N5O3S/c1-28(26,27)22-12-17-9-5-8-16(10-17)11-20-19(25)18-13-21-23-24(18)14-15-6-3-2-4-7-15/h2-10,13,22H,11-12,14H2,1H3,(H,20,25). The van der Waals surface area contributed by atoms with Gasteiger partial charge in [-0.2, -0.15) is 0 Å². The lowest BCUT2D eigenvalue weighted by Gasteiger charge is -2.09. The highest BCUT2D eigenvalue weighted by Gasteiger charge is 2.13. The number of nitrogens with one attached hydrogen (secondary N) is 2. The molecule has 9 heteroatoms. The van der Waals surface area contributed by atoms with E-state index in [2.05, 4.69) is 20.4 Å². The van der Waals surface area contributed by atoms with Gasteiger partial charge < -0.3 is 5.32 Å². The van der Waals surface area contributed by atoms with Crippen LogP contribution in [0.4, 0.5) is 0 Å². The minimum absolute atomic E-state index is 0.203. The molecular formula is C19H21N5O3S. The first-order chi connectivity index (χ1) is 13.4. The van der Waals surface area contributed by atoms with Crippen LogP contribution in [-0.2, 0) is 29.7 Å². The Labute approximate surface area is 163 Å². The zero-order chi connectivity index (χ0) is 20.0. The Morgan fingerprint density at radius 3 is 2.39 bits per heavy atom. The number of carbonyl (C=O) groups excluding carboxylic acids is 1. The molecule has 0 atom stereocenters. The Morgan fingerprint density at radius 1 is 1.00 bits per heavy atom. The van der Waals surface area contributed by atoms with Crippen molar-refractivity contribution in [3.63, 3.8) is 0 Å². The highest BCUT2D eigenvalue weighted by molar-refractivity contribution is 7.88. The number of hydrogen-bond donors (Lipinski definition) is 2. The van der Waals surface area contributed by atoms with Crippen LogP contribution in [0.15, 0.2) is 60.8 Å². The van der Waals surface area contributed by atoms with Crippen molar-refractivity contribution < 1.29 is 13.2 Å². The molecule has 146 valence electrons. The van der Waals surface area contributed by atoms with Gasteiger partial charge in [0.1, 0.15) is 5.69 Å². The Bertz CT molecular complexity index is 1050. The maximum Gasteiger partial charge on any atom is 0.271 e. The fraction of sp³-hybridized carbons (Fsp3) is 0.211. The van der Waals surface area contributed by atoms with E-state index >= 15 is 0 Å². The van der Waals surface area contributed by atoms with E-state index in [1.54, 1.807) is 4.68 Å². The summed E-state index contributed by atoms with van der Waals surface area (Å²) < 4.78 is 26.4. The minimum atomic E-state index is -3.26. The normalized spacial score (nSPS) is 11.3. The molecule has 1 heterocycles. The number of benzene rings is 2. The summed E-state index contributed by atoms with van der Waals surface area (Å²) in [6, 6.07) is 17.1. The number of sulfonamides is 1. The molecule has 28 heavy (non-hydrogen) atoms. The average molecular weight is 399 g/mol. The summed E-state index contributed by atoms with van der Waals surface area (Å²) in [5, 5.41) is 10.7. The molecule has 2 aromatic carbocycles. The van der Waals surface area contributed by atoms with Gasteiger partial charge in [0.25, 0.3) is 5.91 Å². The summed E-state index contributed by atoms with van der Waals surface area (Å²) in [7, 11) is -3.26. The predicted molar refractivity (Wildman–Crippen MR) is 105 cm³/mol. The van der Waals surface area contributed by atoms with Crippen LogP contribution in [0.3, 0.4) is 0 Å². The topological polar surface area (TPSA) is 106 Å². The fourth-order valence-electron chi connectivity index (χ4n) is 2.64. The van der Waals surface area contributed by atoms with Crippen LogP contribution >= 0.6 is 0 Å². The zero-order valence-corrected chi connectivity index (χ0v) is 16.2. The summed E-state index contributed by atoms with van der Waals surface area (Å²) in [6.07, 6.45) is 2.55. The molecule has 0 aliphatic rings. The molecule has 1 aromatic heterocycles. The van der Waals surface area contributed by atoms with E-state index in [1.165, 1.54) is 6.20 Å². The second-order valence-electron chi connectivity index (χ2n) is 6.36. The second kappa shape index (κ2) is 8.77. The van der Waals surface area contributed by atoms with E-state index in [0.717, 1.165) is 22.9 Å². The molecule has 0 radical (unpaired) electrons. The minimum Gasteiger partial charge on any atom is -0.347 e. The molecule has 0 saturated heterocycles. The van der Waals surface area contributed by atoms with Crippen molar-refractivity contribution in [1.29, 1.82) is 0 Å². The van der Waals surface area contributed by atoms with Gasteiger partial charge in [0, 0.05) is 13.1 Å². The number of nitrogens with zero attached hydrogens (tertiary/aromatic N) is 3. The first-order valence-corrected chi connectivity index (χ1v) is 10.5. The quantitative estimate of drug-likeness (QED) is 0.594. The predicted octanol–water partition coefficient (Wildman–Crippen LogP) is 1.31. The number of carbonyl (C=O) groups is 1. The van der Waals surface area contributed by atoms with Crippen LogP contribution in [0.25, 0.3) is 0 Å². The van der Waals surface area contributed by atoms with Crippen LogP contribution in [0.5, 0.6) is 0 Å². The molecule has 3 aromatic rings. The first kappa shape index (κ1) is 19.7. The summed E-state index contributed by atoms with van der Waals surface area (Å²) >= 11 is 0. The van der Waals surface area contributed by atoms with Crippen molar-refractivity contribution >= 4 is 15.9 Å². The molecule has 0 bridgehead atoms. The summed E-state index contributed by atoms with van der Waals surface area (Å²) in [5.74, 6) is -0.277. The van der Waals surface area contributed by atoms with E-state index in [4.69, 9.17) is 0 Å². The SMILES string of the molecule is CS(=O)(=O)NCc1cccc(CNC(=O)c2cnnn2Cc2ccccc2)c1. The molecule has 2 N–H and O–H groups in total. The molecule has 0 fully saturated rings. The second-order valence-corrected chi connectivity index (χ2v) is 8.19. The van der Waals surface area contributed by atoms with Crippen LogP contribution < -0.4 is 10.0 Å². The molecule has 0 unspecified atom stereocenters. The average Bonchev–Trinajstić information content (AvgIpc) is 3.13. The lowest BCUT2D eigenvalue weighted by molar-refractivity contribution is 0.0940. The van der Waals surface area contributed by atoms with Gasteiger partial charge in [0.05, 0.1) is 19.0 Å². The lowest BCUT2D eigenvalue weighted by Crippen LogP contribution is -2.26. The molecule has 0 aliphatic heterocycles. The van der Waals surface area contributed by atoms with Crippen LogP contribution in [0.2, 0.25) is 0 Å². The smallest absolute Gasteiger partial charge is 0.271 e. The Kier molecular flexibility index (Phi) is 6.17. The number of aromatic nitrogens is 3. The first-order valence-electron chi connectivity index (χ1n) is 8.64. The summed E-state index contributed by atoms with van der Waals surface area (Å²) in [5.41, 5.74) is 3.07. The summed E-state index contributed by atoms with van der Waals surface area (Å²) in [4.78, 5) is 12.5. The third kappa shape index (κ3) is 5.73. The van der Waals surface area contributed by atoms with E-state index in [9.17, 15) is 13.2 Å². The lowest BCUT2D eigenvalue weighted by atomic mass is 10.1. The van der Waals surface area contributed by atoms with E-state index in [1.807, 2.05) is 54.6 Å². The highest BCUT2D eigenvalue weighted by Crippen LogP contribution is 2.07. The van der Waals surface area contributed by atoms with Crippen molar-refractivity contribution in [2.75, 3.05) is 6.26 Å². The van der Waals surface area contributed by atoms with Gasteiger partial charge in [0.2, 0.25) is 10.0 Å². The molecule has 3 rings (SSSR count). The fourth-order valence-corrected chi connectivity index (χ4v) is 3.07. The van der Waals surface area contributed by atoms with Crippen LogP contribution in [0.1, 0.15) is 27.2 Å². The Hall–Kier alpha value is -3.04. The monoisotopic (exact) mass is 399 g/mol. The van der Waals surface area contributed by atoms with Crippen LogP contribution in [-0.4, -0.2) is 35.6 Å². The van der Waals surface area contributed by atoms with E-state index in [0.29, 0.717) is 18.8 Å². The number of rotatable bonds is 8. The maximum absolute atomic E-state index is 12.5. The van der Waals surface area contributed by atoms with Gasteiger partial charge in [-0.25, -0.2) is 17.8 Å². The molecule has 0 saturated carbocycles. The van der Waals surface area contributed by atoms with Crippen molar-refractivity contribution in [3.05, 3.63) is 83.2 Å². The molecule has 1 amide bonds. The van der Waals surface area contributed by atoms with E-state index < -0.39 is 10.0 Å². The van der Waals surface area contributed by atoms with E-state index in [-0.39, 0.29) is 12.5 Å². The maximum atomic E-state index is 12.5. The van der Waals surface area contributed by atoms with Gasteiger partial charge in [-0.1, -0.05) is 59.8 Å². The molecule has 0 spiro atoms. The molecular weight excluding hydrogens is 378 g/mol. The summed E-state index contributed by atoms with van der Waals surface area (Å²) in [6.45, 7) is 0.965. The Balaban J connectivity index is 1.61. The van der Waals surface area contributed by atoms with Gasteiger partial charge >= 0.3 is 0 Å². The Morgan fingerprint density at radius 2 is 1.68 bits per heavy atom. The van der Waals surface area contributed by atoms with Crippen molar-refractivity contribution in [3.8, 4) is 0 Å². The largest absolute Gasteiger partial charge is 0.347 e. The van der Waals surface area contributed by atoms with Crippen molar-refractivity contribution in [1.82, 2.24) is 25.0 Å². The van der Waals surface area contributed by atoms with Crippen LogP contribution in [0, 0.1) is 0 Å². The van der Waals surface area contributed by atoms with Gasteiger partial charge in [-0.15, -0.1) is 5.10 Å². The van der Waals surface area contributed by atoms with Gasteiger partial charge in [-0.3, -0.25) is 4.79 Å². The molecule has 8 nitrogen and oxygen atoms in total. The zero-order valence-electron chi connectivity index (χ0n) is 15.4. The van der Waals surface area contributed by atoms with Crippen molar-refractivity contribution in [2.45, 2.75) is 19.6 Å². The third-order valence-corrected chi connectivity index (χ3v) is 4.68. The van der Waals surface area contributed by atoms with Gasteiger partial charge in [0.15, 0.2) is 0 Å². The van der Waals surface area contributed by atoms with Gasteiger partial charge in [-0.05, 0) is 16.7 Å². The highest BCUT2D eigenvalue weighted by atomic mass is 32.2.